The smallest absolute Gasteiger partial charge is 0.304 e. The van der Waals surface area contributed by atoms with Crippen LogP contribution >= 0.6 is 0 Å². The molecular formula is C13H21N3O5S. The van der Waals surface area contributed by atoms with Gasteiger partial charge in [-0.3, -0.25) is 4.79 Å². The van der Waals surface area contributed by atoms with Crippen molar-refractivity contribution in [1.82, 2.24) is 0 Å². The zero-order chi connectivity index (χ0) is 16.9. The van der Waals surface area contributed by atoms with Gasteiger partial charge >= 0.3 is 5.97 Å². The molecular weight excluding hydrogens is 310 g/mol. The number of hydrogen-bond acceptors (Lipinski definition) is 7. The fourth-order valence-electron chi connectivity index (χ4n) is 2.11. The van der Waals surface area contributed by atoms with E-state index in [4.69, 9.17) is 27.4 Å². The predicted molar refractivity (Wildman–Crippen MR) is 82.8 cm³/mol. The molecule has 0 radical (unpaired) electrons. The third kappa shape index (κ3) is 4.58. The topological polar surface area (TPSA) is 170 Å². The highest BCUT2D eigenvalue weighted by Gasteiger charge is 2.25. The maximum absolute atomic E-state index is 12.4. The van der Waals surface area contributed by atoms with Gasteiger partial charge in [-0.1, -0.05) is 0 Å². The fraction of sp³-hybridized carbons (Fsp3) is 0.462. The van der Waals surface area contributed by atoms with Gasteiger partial charge in [0.15, 0.2) is 9.84 Å². The van der Waals surface area contributed by atoms with E-state index < -0.39 is 34.0 Å². The Kier molecular flexibility index (Phi) is 6.15. The number of aliphatic carboxylic acids is 1. The van der Waals surface area contributed by atoms with Crippen molar-refractivity contribution in [1.29, 1.82) is 0 Å². The number of aliphatic hydroxyl groups excluding tert-OH is 1. The van der Waals surface area contributed by atoms with Crippen molar-refractivity contribution in [2.45, 2.75) is 30.2 Å². The van der Waals surface area contributed by atoms with Crippen molar-refractivity contribution in [3.63, 3.8) is 0 Å². The Morgan fingerprint density at radius 3 is 2.45 bits per heavy atom. The molecule has 0 aliphatic heterocycles. The number of rotatable bonds is 8. The molecule has 1 atom stereocenters. The minimum absolute atomic E-state index is 0.0797. The average Bonchev–Trinajstić information content (AvgIpc) is 2.41. The molecule has 1 aromatic carbocycles. The molecule has 1 unspecified atom stereocenters. The van der Waals surface area contributed by atoms with Gasteiger partial charge in [0.2, 0.25) is 0 Å². The summed E-state index contributed by atoms with van der Waals surface area (Å²) in [6.07, 6.45) is 0.202. The summed E-state index contributed by atoms with van der Waals surface area (Å²) in [6.45, 7) is -0.0797. The lowest BCUT2D eigenvalue weighted by molar-refractivity contribution is -0.136. The second-order valence-electron chi connectivity index (χ2n) is 4.96. The third-order valence-corrected chi connectivity index (χ3v) is 4.91. The highest BCUT2D eigenvalue weighted by Crippen LogP contribution is 2.32. The summed E-state index contributed by atoms with van der Waals surface area (Å²) in [4.78, 5) is 10.5. The molecule has 0 aliphatic carbocycles. The van der Waals surface area contributed by atoms with E-state index in [1.807, 2.05) is 0 Å². The van der Waals surface area contributed by atoms with Crippen molar-refractivity contribution in [3.8, 4) is 0 Å². The molecule has 124 valence electrons. The largest absolute Gasteiger partial charge is 0.481 e. The second-order valence-corrected chi connectivity index (χ2v) is 7.03. The minimum atomic E-state index is -3.88. The molecule has 1 aromatic rings. The molecule has 8 N–H and O–H groups in total. The highest BCUT2D eigenvalue weighted by molar-refractivity contribution is 7.91. The van der Waals surface area contributed by atoms with Crippen molar-refractivity contribution in [2.24, 2.45) is 5.73 Å². The van der Waals surface area contributed by atoms with Crippen molar-refractivity contribution in [2.75, 3.05) is 23.8 Å². The van der Waals surface area contributed by atoms with E-state index in [1.54, 1.807) is 0 Å². The summed E-state index contributed by atoms with van der Waals surface area (Å²) >= 11 is 0. The molecule has 1 rings (SSSR count). The maximum atomic E-state index is 12.4. The van der Waals surface area contributed by atoms with Gasteiger partial charge in [-0.05, 0) is 25.0 Å². The Labute approximate surface area is 128 Å². The Morgan fingerprint density at radius 2 is 1.91 bits per heavy atom. The molecule has 0 saturated heterocycles. The van der Waals surface area contributed by atoms with E-state index in [9.17, 15) is 13.2 Å². The number of carboxylic acid groups (broad SMARTS) is 1. The number of hydrogen-bond donors (Lipinski definition) is 5. The van der Waals surface area contributed by atoms with E-state index in [0.717, 1.165) is 0 Å². The number of carboxylic acids is 1. The highest BCUT2D eigenvalue weighted by atomic mass is 32.2. The number of nitrogens with two attached hydrogens (primary N) is 3. The summed E-state index contributed by atoms with van der Waals surface area (Å²) < 4.78 is 24.7. The molecule has 8 nitrogen and oxygen atoms in total. The Balaban J connectivity index is 3.30. The van der Waals surface area contributed by atoms with E-state index in [2.05, 4.69) is 0 Å². The summed E-state index contributed by atoms with van der Waals surface area (Å²) in [5.41, 5.74) is 18.0. The van der Waals surface area contributed by atoms with Crippen LogP contribution < -0.4 is 17.2 Å². The van der Waals surface area contributed by atoms with Gasteiger partial charge in [0.25, 0.3) is 0 Å². The summed E-state index contributed by atoms with van der Waals surface area (Å²) in [5, 5.41) is 17.5. The Hall–Kier alpha value is -1.84. The van der Waals surface area contributed by atoms with Crippen LogP contribution in [0.3, 0.4) is 0 Å². The van der Waals surface area contributed by atoms with Gasteiger partial charge in [-0.15, -0.1) is 0 Å². The first-order valence-corrected chi connectivity index (χ1v) is 8.34. The summed E-state index contributed by atoms with van der Waals surface area (Å²) in [7, 11) is -3.88. The average molecular weight is 331 g/mol. The molecule has 0 aliphatic rings. The molecule has 0 amide bonds. The molecule has 0 spiro atoms. The van der Waals surface area contributed by atoms with Crippen LogP contribution in [0.25, 0.3) is 0 Å². The van der Waals surface area contributed by atoms with Gasteiger partial charge in [-0.2, -0.15) is 0 Å². The predicted octanol–water partition coefficient (Wildman–Crippen LogP) is -0.128. The van der Waals surface area contributed by atoms with Gasteiger partial charge < -0.3 is 27.4 Å². The quantitative estimate of drug-likeness (QED) is 0.410. The number of carbonyl (C=O) groups is 1. The SMILES string of the molecule is Nc1cc(N)c(C(N)CCCO)c(S(=O)(=O)CCC(=O)O)c1. The monoisotopic (exact) mass is 331 g/mol. The van der Waals surface area contributed by atoms with Gasteiger partial charge in [0, 0.05) is 29.6 Å². The lowest BCUT2D eigenvalue weighted by Crippen LogP contribution is -2.20. The zero-order valence-corrected chi connectivity index (χ0v) is 12.8. The molecule has 0 heterocycles. The molecule has 0 bridgehead atoms. The molecule has 0 saturated carbocycles. The van der Waals surface area contributed by atoms with Crippen LogP contribution in [0.5, 0.6) is 0 Å². The number of benzene rings is 1. The first-order valence-electron chi connectivity index (χ1n) is 6.69. The van der Waals surface area contributed by atoms with Gasteiger partial charge in [-0.25, -0.2) is 8.42 Å². The summed E-state index contributed by atoms with van der Waals surface area (Å²) in [6, 6.07) is 1.95. The van der Waals surface area contributed by atoms with Crippen LogP contribution in [0.15, 0.2) is 17.0 Å². The third-order valence-electron chi connectivity index (χ3n) is 3.16. The minimum Gasteiger partial charge on any atom is -0.481 e. The van der Waals surface area contributed by atoms with Crippen LogP contribution in [-0.4, -0.2) is 37.0 Å². The number of sulfone groups is 1. The number of anilines is 2. The van der Waals surface area contributed by atoms with E-state index in [1.165, 1.54) is 12.1 Å². The Bertz CT molecular complexity index is 645. The molecule has 0 fully saturated rings. The Morgan fingerprint density at radius 1 is 1.27 bits per heavy atom. The molecule has 0 aromatic heterocycles. The fourth-order valence-corrected chi connectivity index (χ4v) is 3.69. The van der Waals surface area contributed by atoms with Crippen LogP contribution in [0.4, 0.5) is 11.4 Å². The lowest BCUT2D eigenvalue weighted by Gasteiger charge is -2.19. The maximum Gasteiger partial charge on any atom is 0.304 e. The summed E-state index contributed by atoms with van der Waals surface area (Å²) in [5.74, 6) is -1.78. The van der Waals surface area contributed by atoms with Crippen molar-refractivity contribution in [3.05, 3.63) is 17.7 Å². The first-order chi connectivity index (χ1) is 10.2. The van der Waals surface area contributed by atoms with Crippen LogP contribution in [0, 0.1) is 0 Å². The van der Waals surface area contributed by atoms with E-state index in [0.29, 0.717) is 12.8 Å². The number of aliphatic hydroxyl groups is 1. The molecule has 9 heteroatoms. The normalized spacial score (nSPS) is 13.0. The molecule has 22 heavy (non-hydrogen) atoms. The van der Waals surface area contributed by atoms with E-state index in [-0.39, 0.29) is 28.4 Å². The standard InChI is InChI=1S/C13H21N3O5S/c14-8-6-10(16)13(9(15)2-1-4-17)11(7-8)22(20,21)5-3-12(18)19/h6-7,9,17H,1-5,14-16H2,(H,18,19). The second kappa shape index (κ2) is 7.43. The van der Waals surface area contributed by atoms with Crippen LogP contribution in [0.2, 0.25) is 0 Å². The first kappa shape index (κ1) is 18.2. The number of nitrogen functional groups attached to an aromatic ring is 2. The van der Waals surface area contributed by atoms with Crippen LogP contribution in [0.1, 0.15) is 30.9 Å². The van der Waals surface area contributed by atoms with Crippen molar-refractivity contribution < 1.29 is 23.4 Å². The van der Waals surface area contributed by atoms with Gasteiger partial charge in [0.05, 0.1) is 17.1 Å². The zero-order valence-electron chi connectivity index (χ0n) is 12.0. The lowest BCUT2D eigenvalue weighted by atomic mass is 10.0. The van der Waals surface area contributed by atoms with Gasteiger partial charge in [0.1, 0.15) is 0 Å². The van der Waals surface area contributed by atoms with Crippen LogP contribution in [-0.2, 0) is 14.6 Å². The van der Waals surface area contributed by atoms with E-state index >= 15 is 0 Å². The van der Waals surface area contributed by atoms with Crippen molar-refractivity contribution >= 4 is 27.2 Å².